The lowest BCUT2D eigenvalue weighted by atomic mass is 9.98. The van der Waals surface area contributed by atoms with Crippen LogP contribution in [-0.4, -0.2) is 16.5 Å². The smallest absolute Gasteiger partial charge is 0.370 e. The van der Waals surface area contributed by atoms with Crippen LogP contribution in [0.4, 0.5) is 19.0 Å². The van der Waals surface area contributed by atoms with Crippen molar-refractivity contribution in [3.63, 3.8) is 0 Å². The standard InChI is InChI=1S/C15H14F3N3S/c16-15(17,18)11-7-2-1-5-9(11)12-10-6-3-4-8-19-13(10)21-14(22)20-12/h1-2,5,7H,3-4,6,8H2,(H2,19,20,21,22). The number of hydrogen-bond donors (Lipinski definition) is 2. The summed E-state index contributed by atoms with van der Waals surface area (Å²) in [7, 11) is 0. The molecule has 1 aromatic carbocycles. The Labute approximate surface area is 130 Å². The molecule has 3 nitrogen and oxygen atoms in total. The van der Waals surface area contributed by atoms with Gasteiger partial charge in [0.25, 0.3) is 0 Å². The van der Waals surface area contributed by atoms with Crippen molar-refractivity contribution < 1.29 is 13.2 Å². The van der Waals surface area contributed by atoms with Gasteiger partial charge in [0.05, 0.1) is 11.3 Å². The van der Waals surface area contributed by atoms with E-state index in [1.54, 1.807) is 6.07 Å². The summed E-state index contributed by atoms with van der Waals surface area (Å²) < 4.78 is 40.0. The second-order valence-electron chi connectivity index (χ2n) is 5.17. The average molecular weight is 325 g/mol. The SMILES string of the molecule is FC(F)(F)c1ccccc1-c1[nH]c(=S)nc2c1CCCCN2. The quantitative estimate of drug-likeness (QED) is 0.754. The summed E-state index contributed by atoms with van der Waals surface area (Å²) in [6.45, 7) is 0.749. The van der Waals surface area contributed by atoms with E-state index in [4.69, 9.17) is 12.2 Å². The van der Waals surface area contributed by atoms with Crippen LogP contribution in [0, 0.1) is 4.77 Å². The Morgan fingerprint density at radius 1 is 1.14 bits per heavy atom. The van der Waals surface area contributed by atoms with Crippen molar-refractivity contribution in [2.45, 2.75) is 25.4 Å². The molecule has 0 amide bonds. The molecule has 0 bridgehead atoms. The molecule has 0 saturated carbocycles. The lowest BCUT2D eigenvalue weighted by molar-refractivity contribution is -0.137. The zero-order valence-corrected chi connectivity index (χ0v) is 12.4. The molecule has 1 aromatic heterocycles. The topological polar surface area (TPSA) is 40.7 Å². The van der Waals surface area contributed by atoms with E-state index < -0.39 is 11.7 Å². The number of alkyl halides is 3. The molecule has 2 heterocycles. The minimum absolute atomic E-state index is 0.114. The summed E-state index contributed by atoms with van der Waals surface area (Å²) >= 11 is 5.08. The van der Waals surface area contributed by atoms with Crippen LogP contribution < -0.4 is 5.32 Å². The third kappa shape index (κ3) is 2.85. The third-order valence-corrected chi connectivity index (χ3v) is 3.87. The largest absolute Gasteiger partial charge is 0.417 e. The highest BCUT2D eigenvalue weighted by molar-refractivity contribution is 7.71. The summed E-state index contributed by atoms with van der Waals surface area (Å²) in [5.74, 6) is 0.591. The van der Waals surface area contributed by atoms with Gasteiger partial charge in [0.1, 0.15) is 5.82 Å². The molecular weight excluding hydrogens is 311 g/mol. The van der Waals surface area contributed by atoms with Crippen molar-refractivity contribution in [2.24, 2.45) is 0 Å². The highest BCUT2D eigenvalue weighted by Gasteiger charge is 2.34. The minimum atomic E-state index is -4.42. The first kappa shape index (κ1) is 15.0. The van der Waals surface area contributed by atoms with Gasteiger partial charge < -0.3 is 10.3 Å². The Hall–Kier alpha value is -1.89. The van der Waals surface area contributed by atoms with Gasteiger partial charge in [-0.15, -0.1) is 0 Å². The number of fused-ring (bicyclic) bond motifs is 1. The van der Waals surface area contributed by atoms with E-state index >= 15 is 0 Å². The molecular formula is C15H14F3N3S. The number of H-pyrrole nitrogens is 1. The molecule has 0 aliphatic carbocycles. The van der Waals surface area contributed by atoms with Crippen LogP contribution in [0.3, 0.4) is 0 Å². The molecule has 0 saturated heterocycles. The van der Waals surface area contributed by atoms with Gasteiger partial charge in [0.2, 0.25) is 0 Å². The third-order valence-electron chi connectivity index (χ3n) is 3.68. The fourth-order valence-corrected chi connectivity index (χ4v) is 2.89. The van der Waals surface area contributed by atoms with Crippen LogP contribution >= 0.6 is 12.2 Å². The van der Waals surface area contributed by atoms with Gasteiger partial charge in [-0.1, -0.05) is 18.2 Å². The van der Waals surface area contributed by atoms with Crippen molar-refractivity contribution in [3.05, 3.63) is 40.2 Å². The van der Waals surface area contributed by atoms with Crippen molar-refractivity contribution in [1.29, 1.82) is 0 Å². The Bertz CT molecular complexity index is 752. The highest BCUT2D eigenvalue weighted by Crippen LogP contribution is 2.39. The van der Waals surface area contributed by atoms with Gasteiger partial charge in [0, 0.05) is 17.7 Å². The van der Waals surface area contributed by atoms with Crippen LogP contribution in [0.25, 0.3) is 11.3 Å². The second kappa shape index (κ2) is 5.72. The van der Waals surface area contributed by atoms with Crippen molar-refractivity contribution in [1.82, 2.24) is 9.97 Å². The number of aromatic nitrogens is 2. The normalized spacial score (nSPS) is 14.9. The number of nitrogens with zero attached hydrogens (tertiary/aromatic N) is 1. The molecule has 22 heavy (non-hydrogen) atoms. The van der Waals surface area contributed by atoms with Crippen LogP contribution in [0.5, 0.6) is 0 Å². The lowest BCUT2D eigenvalue weighted by Crippen LogP contribution is -2.10. The first-order valence-electron chi connectivity index (χ1n) is 7.00. The Kier molecular flexibility index (Phi) is 3.90. The van der Waals surface area contributed by atoms with Gasteiger partial charge in [0.15, 0.2) is 4.77 Å². The maximum atomic E-state index is 13.3. The predicted octanol–water partition coefficient (Wildman–Crippen LogP) is 4.57. The predicted molar refractivity (Wildman–Crippen MR) is 81.3 cm³/mol. The van der Waals surface area contributed by atoms with E-state index in [1.165, 1.54) is 12.1 Å². The number of benzene rings is 1. The van der Waals surface area contributed by atoms with Crippen LogP contribution in [0.1, 0.15) is 24.0 Å². The summed E-state index contributed by atoms with van der Waals surface area (Å²) in [4.78, 5) is 7.07. The van der Waals surface area contributed by atoms with Gasteiger partial charge in [-0.3, -0.25) is 0 Å². The van der Waals surface area contributed by atoms with E-state index in [1.807, 2.05) is 0 Å². The molecule has 3 rings (SSSR count). The molecule has 7 heteroatoms. The number of nitrogens with one attached hydrogen (secondary N) is 2. The first-order chi connectivity index (χ1) is 10.5. The fraction of sp³-hybridized carbons (Fsp3) is 0.333. The number of halogens is 3. The summed E-state index contributed by atoms with van der Waals surface area (Å²) in [6.07, 6.45) is -1.90. The molecule has 0 unspecified atom stereocenters. The molecule has 2 N–H and O–H groups in total. The number of hydrogen-bond acceptors (Lipinski definition) is 3. The van der Waals surface area contributed by atoms with Crippen LogP contribution in [0.2, 0.25) is 0 Å². The van der Waals surface area contributed by atoms with E-state index in [0.717, 1.165) is 31.0 Å². The van der Waals surface area contributed by atoms with E-state index in [2.05, 4.69) is 15.3 Å². The number of aromatic amines is 1. The molecule has 0 radical (unpaired) electrons. The Balaban J connectivity index is 2.26. The molecule has 2 aromatic rings. The van der Waals surface area contributed by atoms with E-state index in [9.17, 15) is 13.2 Å². The van der Waals surface area contributed by atoms with Gasteiger partial charge in [-0.2, -0.15) is 13.2 Å². The molecule has 0 spiro atoms. The zero-order valence-electron chi connectivity index (χ0n) is 11.6. The second-order valence-corrected chi connectivity index (χ2v) is 5.56. The van der Waals surface area contributed by atoms with Gasteiger partial charge in [-0.05, 0) is 37.5 Å². The van der Waals surface area contributed by atoms with Crippen molar-refractivity contribution in [3.8, 4) is 11.3 Å². The minimum Gasteiger partial charge on any atom is -0.370 e. The summed E-state index contributed by atoms with van der Waals surface area (Å²) in [6, 6.07) is 5.54. The number of rotatable bonds is 1. The lowest BCUT2D eigenvalue weighted by Gasteiger charge is -2.17. The molecule has 0 atom stereocenters. The zero-order chi connectivity index (χ0) is 15.7. The maximum Gasteiger partial charge on any atom is 0.417 e. The molecule has 0 fully saturated rings. The maximum absolute atomic E-state index is 13.3. The Morgan fingerprint density at radius 3 is 2.68 bits per heavy atom. The molecule has 1 aliphatic rings. The molecule has 1 aliphatic heterocycles. The summed E-state index contributed by atoms with van der Waals surface area (Å²) in [5.41, 5.74) is 0.627. The molecule has 116 valence electrons. The van der Waals surface area contributed by atoms with Crippen LogP contribution in [0.15, 0.2) is 24.3 Å². The van der Waals surface area contributed by atoms with Crippen molar-refractivity contribution >= 4 is 18.0 Å². The van der Waals surface area contributed by atoms with E-state index in [-0.39, 0.29) is 10.3 Å². The fourth-order valence-electron chi connectivity index (χ4n) is 2.70. The highest BCUT2D eigenvalue weighted by atomic mass is 32.1. The van der Waals surface area contributed by atoms with Crippen molar-refractivity contribution in [2.75, 3.05) is 11.9 Å². The van der Waals surface area contributed by atoms with Gasteiger partial charge in [-0.25, -0.2) is 4.98 Å². The van der Waals surface area contributed by atoms with Gasteiger partial charge >= 0.3 is 6.18 Å². The first-order valence-corrected chi connectivity index (χ1v) is 7.41. The van der Waals surface area contributed by atoms with Crippen LogP contribution in [-0.2, 0) is 12.6 Å². The summed E-state index contributed by atoms with van der Waals surface area (Å²) in [5, 5.41) is 3.16. The number of anilines is 1. The van der Waals surface area contributed by atoms with E-state index in [0.29, 0.717) is 17.9 Å². The monoisotopic (exact) mass is 325 g/mol. The average Bonchev–Trinajstić information content (AvgIpc) is 2.70. The Morgan fingerprint density at radius 2 is 1.91 bits per heavy atom.